The van der Waals surface area contributed by atoms with E-state index >= 15 is 0 Å². The fourth-order valence-electron chi connectivity index (χ4n) is 1.78. The third kappa shape index (κ3) is 4.12. The van der Waals surface area contributed by atoms with Gasteiger partial charge in [0.1, 0.15) is 11.4 Å². The minimum Gasteiger partial charge on any atom is -0.406 e. The summed E-state index contributed by atoms with van der Waals surface area (Å²) in [5.41, 5.74) is -2.68. The van der Waals surface area contributed by atoms with Crippen molar-refractivity contribution < 1.29 is 36.0 Å². The molecule has 0 atom stereocenters. The molecular formula is C13H6F6N2O3. The maximum absolute atomic E-state index is 12.6. The number of pyridine rings is 1. The molecule has 1 heterocycles. The molecule has 0 fully saturated rings. The normalized spacial score (nSPS) is 12.1. The number of rotatable bonds is 3. The summed E-state index contributed by atoms with van der Waals surface area (Å²) in [5, 5.41) is 11.0. The van der Waals surface area contributed by atoms with Crippen LogP contribution in [0.15, 0.2) is 36.5 Å². The first-order valence-electron chi connectivity index (χ1n) is 6.05. The number of halogens is 6. The molecule has 0 amide bonds. The van der Waals surface area contributed by atoms with Gasteiger partial charge in [0.15, 0.2) is 0 Å². The highest BCUT2D eigenvalue weighted by atomic mass is 19.4. The first-order chi connectivity index (χ1) is 11.0. The fraction of sp³-hybridized carbons (Fsp3) is 0.154. The maximum Gasteiger partial charge on any atom is 0.573 e. The summed E-state index contributed by atoms with van der Waals surface area (Å²) >= 11 is 0. The predicted molar refractivity (Wildman–Crippen MR) is 68.0 cm³/mol. The van der Waals surface area contributed by atoms with Crippen molar-refractivity contribution in [2.45, 2.75) is 12.5 Å². The van der Waals surface area contributed by atoms with Gasteiger partial charge >= 0.3 is 12.5 Å². The van der Waals surface area contributed by atoms with Crippen LogP contribution in [0.5, 0.6) is 5.75 Å². The average molecular weight is 352 g/mol. The van der Waals surface area contributed by atoms with Gasteiger partial charge in [-0.2, -0.15) is 13.2 Å². The monoisotopic (exact) mass is 352 g/mol. The molecule has 0 spiro atoms. The molecule has 1 aromatic carbocycles. The number of ether oxygens (including phenoxy) is 1. The van der Waals surface area contributed by atoms with Crippen LogP contribution in [0.2, 0.25) is 0 Å². The van der Waals surface area contributed by atoms with Crippen molar-refractivity contribution in [2.24, 2.45) is 0 Å². The number of benzene rings is 1. The summed E-state index contributed by atoms with van der Waals surface area (Å²) in [5.74, 6) is -0.583. The van der Waals surface area contributed by atoms with Crippen LogP contribution in [0, 0.1) is 10.1 Å². The minimum atomic E-state index is -4.92. The Balaban J connectivity index is 2.43. The van der Waals surface area contributed by atoms with Crippen molar-refractivity contribution >= 4 is 5.69 Å². The SMILES string of the molecule is O=[N+]([O-])c1cc(C(F)(F)F)cnc1-c1ccc(OC(F)(F)F)cc1. The molecule has 0 aliphatic carbocycles. The lowest BCUT2D eigenvalue weighted by atomic mass is 10.1. The summed E-state index contributed by atoms with van der Waals surface area (Å²) in [6.45, 7) is 0. The third-order valence-corrected chi connectivity index (χ3v) is 2.75. The third-order valence-electron chi connectivity index (χ3n) is 2.75. The van der Waals surface area contributed by atoms with Crippen molar-refractivity contribution in [3.63, 3.8) is 0 Å². The Kier molecular flexibility index (Phi) is 4.36. The quantitative estimate of drug-likeness (QED) is 0.461. The summed E-state index contributed by atoms with van der Waals surface area (Å²) in [4.78, 5) is 13.3. The molecule has 5 nitrogen and oxygen atoms in total. The van der Waals surface area contributed by atoms with E-state index < -0.39 is 40.2 Å². The number of hydrogen-bond acceptors (Lipinski definition) is 4. The summed E-state index contributed by atoms with van der Waals surface area (Å²) in [6.07, 6.45) is -9.33. The number of nitro groups is 1. The lowest BCUT2D eigenvalue weighted by Crippen LogP contribution is -2.16. The van der Waals surface area contributed by atoms with Crippen LogP contribution in [0.1, 0.15) is 5.56 Å². The van der Waals surface area contributed by atoms with E-state index in [1.165, 1.54) is 0 Å². The van der Waals surface area contributed by atoms with E-state index in [-0.39, 0.29) is 5.56 Å². The zero-order chi connectivity index (χ0) is 18.1. The van der Waals surface area contributed by atoms with Crippen LogP contribution >= 0.6 is 0 Å². The highest BCUT2D eigenvalue weighted by Crippen LogP contribution is 2.35. The second-order valence-corrected chi connectivity index (χ2v) is 4.42. The second-order valence-electron chi connectivity index (χ2n) is 4.42. The smallest absolute Gasteiger partial charge is 0.406 e. The van der Waals surface area contributed by atoms with Crippen molar-refractivity contribution in [3.8, 4) is 17.0 Å². The molecule has 0 aliphatic heterocycles. The van der Waals surface area contributed by atoms with Gasteiger partial charge in [-0.3, -0.25) is 10.1 Å². The van der Waals surface area contributed by atoms with Crippen LogP contribution in [0.3, 0.4) is 0 Å². The number of aromatic nitrogens is 1. The van der Waals surface area contributed by atoms with Crippen LogP contribution < -0.4 is 4.74 Å². The maximum atomic E-state index is 12.6. The topological polar surface area (TPSA) is 65.3 Å². The molecule has 0 N–H and O–H groups in total. The molecule has 0 saturated heterocycles. The van der Waals surface area contributed by atoms with Gasteiger partial charge in [0.05, 0.1) is 10.5 Å². The second kappa shape index (κ2) is 5.98. The highest BCUT2D eigenvalue weighted by molar-refractivity contribution is 5.70. The highest BCUT2D eigenvalue weighted by Gasteiger charge is 2.34. The molecule has 0 unspecified atom stereocenters. The average Bonchev–Trinajstić information content (AvgIpc) is 2.45. The van der Waals surface area contributed by atoms with E-state index in [2.05, 4.69) is 9.72 Å². The molecule has 0 bridgehead atoms. The minimum absolute atomic E-state index is 0.0371. The van der Waals surface area contributed by atoms with Crippen LogP contribution in [-0.2, 0) is 6.18 Å². The molecule has 2 aromatic rings. The van der Waals surface area contributed by atoms with Gasteiger partial charge in [-0.15, -0.1) is 13.2 Å². The van der Waals surface area contributed by atoms with Crippen molar-refractivity contribution in [2.75, 3.05) is 0 Å². The number of hydrogen-bond donors (Lipinski definition) is 0. The molecule has 128 valence electrons. The molecule has 2 rings (SSSR count). The first-order valence-corrected chi connectivity index (χ1v) is 6.05. The Morgan fingerprint density at radius 3 is 2.08 bits per heavy atom. The van der Waals surface area contributed by atoms with Gasteiger partial charge < -0.3 is 4.74 Å². The largest absolute Gasteiger partial charge is 0.573 e. The summed E-state index contributed by atoms with van der Waals surface area (Å²) in [7, 11) is 0. The van der Waals surface area contributed by atoms with Gasteiger partial charge in [-0.05, 0) is 24.3 Å². The molecule has 11 heteroatoms. The molecule has 0 saturated carbocycles. The summed E-state index contributed by atoms with van der Waals surface area (Å²) in [6, 6.07) is 4.08. The Bertz CT molecular complexity index is 756. The van der Waals surface area contributed by atoms with Gasteiger partial charge in [0.25, 0.3) is 5.69 Å². The van der Waals surface area contributed by atoms with Crippen molar-refractivity contribution in [1.29, 1.82) is 0 Å². The standard InChI is InChI=1S/C13H6F6N2O3/c14-12(15,16)8-5-10(21(22)23)11(20-6-8)7-1-3-9(4-2-7)24-13(17,18)19/h1-6H. The number of nitrogens with zero attached hydrogens (tertiary/aromatic N) is 2. The van der Waals surface area contributed by atoms with E-state index in [0.29, 0.717) is 12.3 Å². The van der Waals surface area contributed by atoms with Gasteiger partial charge in [0.2, 0.25) is 0 Å². The zero-order valence-electron chi connectivity index (χ0n) is 11.4. The molecule has 0 radical (unpaired) electrons. The van der Waals surface area contributed by atoms with Crippen LogP contribution in [0.25, 0.3) is 11.3 Å². The van der Waals surface area contributed by atoms with E-state index in [1.54, 1.807) is 0 Å². The molecular weight excluding hydrogens is 346 g/mol. The van der Waals surface area contributed by atoms with E-state index in [0.717, 1.165) is 24.3 Å². The summed E-state index contributed by atoms with van der Waals surface area (Å²) < 4.78 is 77.6. The van der Waals surface area contributed by atoms with E-state index in [9.17, 15) is 36.5 Å². The molecule has 0 aliphatic rings. The Labute approximate surface area is 129 Å². The molecule has 1 aromatic heterocycles. The Morgan fingerprint density at radius 2 is 1.62 bits per heavy atom. The number of alkyl halides is 6. The Morgan fingerprint density at radius 1 is 1.04 bits per heavy atom. The zero-order valence-corrected chi connectivity index (χ0v) is 11.4. The predicted octanol–water partition coefficient (Wildman–Crippen LogP) is 4.57. The van der Waals surface area contributed by atoms with Gasteiger partial charge in [0, 0.05) is 17.8 Å². The molecule has 24 heavy (non-hydrogen) atoms. The lowest BCUT2D eigenvalue weighted by molar-refractivity contribution is -0.384. The fourth-order valence-corrected chi connectivity index (χ4v) is 1.78. The van der Waals surface area contributed by atoms with Gasteiger partial charge in [-0.25, -0.2) is 4.98 Å². The van der Waals surface area contributed by atoms with Crippen LogP contribution in [-0.4, -0.2) is 16.3 Å². The van der Waals surface area contributed by atoms with E-state index in [1.807, 2.05) is 0 Å². The van der Waals surface area contributed by atoms with Crippen molar-refractivity contribution in [1.82, 2.24) is 4.98 Å². The van der Waals surface area contributed by atoms with Gasteiger partial charge in [-0.1, -0.05) is 0 Å². The van der Waals surface area contributed by atoms with E-state index in [4.69, 9.17) is 0 Å². The van der Waals surface area contributed by atoms with Crippen molar-refractivity contribution in [3.05, 3.63) is 52.2 Å². The Hall–Kier alpha value is -2.85. The van der Waals surface area contributed by atoms with Crippen LogP contribution in [0.4, 0.5) is 32.0 Å². The lowest BCUT2D eigenvalue weighted by Gasteiger charge is -2.10. The first kappa shape index (κ1) is 17.5.